The monoisotopic (exact) mass is 248 g/mol. The van der Waals surface area contributed by atoms with Crippen LogP contribution in [0.5, 0.6) is 5.75 Å². The fraction of sp³-hybridized carbons (Fsp3) is 0.600. The highest BCUT2D eigenvalue weighted by Crippen LogP contribution is 2.41. The van der Waals surface area contributed by atoms with Crippen LogP contribution in [-0.4, -0.2) is 11.6 Å². The van der Waals surface area contributed by atoms with E-state index in [1.54, 1.807) is 0 Å². The Balaban J connectivity index is 2.14. The maximum Gasteiger partial charge on any atom is 0.123 e. The van der Waals surface area contributed by atoms with Crippen molar-refractivity contribution in [2.75, 3.05) is 11.1 Å². The number of hydrogen-bond acceptors (Lipinski definition) is 3. The predicted octanol–water partition coefficient (Wildman–Crippen LogP) is 3.66. The highest BCUT2D eigenvalue weighted by atomic mass is 16.5. The van der Waals surface area contributed by atoms with Crippen molar-refractivity contribution in [2.24, 2.45) is 5.92 Å². The van der Waals surface area contributed by atoms with E-state index < -0.39 is 0 Å². The zero-order valence-corrected chi connectivity index (χ0v) is 11.8. The van der Waals surface area contributed by atoms with Crippen molar-refractivity contribution in [2.45, 2.75) is 52.2 Å². The van der Waals surface area contributed by atoms with Gasteiger partial charge in [-0.15, -0.1) is 0 Å². The van der Waals surface area contributed by atoms with Crippen LogP contribution in [0.1, 0.15) is 40.5 Å². The third-order valence-corrected chi connectivity index (χ3v) is 3.37. The summed E-state index contributed by atoms with van der Waals surface area (Å²) in [5.41, 5.74) is 7.84. The smallest absolute Gasteiger partial charge is 0.123 e. The molecule has 0 heterocycles. The number of nitrogen functional groups attached to an aromatic ring is 1. The highest BCUT2D eigenvalue weighted by molar-refractivity contribution is 5.60. The Morgan fingerprint density at radius 3 is 2.50 bits per heavy atom. The lowest BCUT2D eigenvalue weighted by molar-refractivity contribution is 0.242. The van der Waals surface area contributed by atoms with Crippen LogP contribution >= 0.6 is 0 Å². The van der Waals surface area contributed by atoms with Crippen molar-refractivity contribution in [3.63, 3.8) is 0 Å². The second-order valence-electron chi connectivity index (χ2n) is 6.08. The van der Waals surface area contributed by atoms with Gasteiger partial charge in [-0.25, -0.2) is 0 Å². The molecule has 1 aliphatic carbocycles. The Labute approximate surface area is 110 Å². The summed E-state index contributed by atoms with van der Waals surface area (Å²) in [7, 11) is 0. The molecule has 1 aromatic carbocycles. The van der Waals surface area contributed by atoms with E-state index in [0.717, 1.165) is 23.0 Å². The molecule has 1 saturated carbocycles. The number of benzene rings is 1. The van der Waals surface area contributed by atoms with Gasteiger partial charge in [-0.2, -0.15) is 0 Å². The second-order valence-corrected chi connectivity index (χ2v) is 6.08. The van der Waals surface area contributed by atoms with Crippen LogP contribution in [-0.2, 0) is 0 Å². The van der Waals surface area contributed by atoms with E-state index in [0.29, 0.717) is 0 Å². The Kier molecular flexibility index (Phi) is 3.42. The molecule has 1 aliphatic rings. The van der Waals surface area contributed by atoms with E-state index >= 15 is 0 Å². The summed E-state index contributed by atoms with van der Waals surface area (Å²) in [6.45, 7) is 8.53. The first-order valence-electron chi connectivity index (χ1n) is 6.72. The van der Waals surface area contributed by atoms with Crippen LogP contribution in [0.15, 0.2) is 18.2 Å². The Hall–Kier alpha value is -1.38. The molecule has 0 spiro atoms. The standard InChI is InChI=1S/C15H24N2O/c1-10(2)18-14-8-12(16)7-13(9-14)17-15(3,4)11-5-6-11/h7-11,17H,5-6,16H2,1-4H3. The first-order chi connectivity index (χ1) is 8.37. The predicted molar refractivity (Wildman–Crippen MR) is 77.0 cm³/mol. The average molecular weight is 248 g/mol. The molecule has 0 atom stereocenters. The molecule has 100 valence electrons. The summed E-state index contributed by atoms with van der Waals surface area (Å²) >= 11 is 0. The summed E-state index contributed by atoms with van der Waals surface area (Å²) in [5.74, 6) is 1.60. The number of nitrogens with one attached hydrogen (secondary N) is 1. The van der Waals surface area contributed by atoms with Crippen molar-refractivity contribution >= 4 is 11.4 Å². The minimum Gasteiger partial charge on any atom is -0.491 e. The topological polar surface area (TPSA) is 47.3 Å². The molecular formula is C15H24N2O. The number of anilines is 2. The SMILES string of the molecule is CC(C)Oc1cc(N)cc(NC(C)(C)C2CC2)c1. The van der Waals surface area contributed by atoms with Crippen LogP contribution in [0.25, 0.3) is 0 Å². The van der Waals surface area contributed by atoms with E-state index in [1.165, 1.54) is 12.8 Å². The summed E-state index contributed by atoms with van der Waals surface area (Å²) in [6, 6.07) is 5.87. The molecular weight excluding hydrogens is 224 g/mol. The van der Waals surface area contributed by atoms with Crippen molar-refractivity contribution in [1.82, 2.24) is 0 Å². The molecule has 0 unspecified atom stereocenters. The fourth-order valence-electron chi connectivity index (χ4n) is 2.31. The molecule has 3 N–H and O–H groups in total. The van der Waals surface area contributed by atoms with Gasteiger partial charge in [0.15, 0.2) is 0 Å². The van der Waals surface area contributed by atoms with Gasteiger partial charge in [0.25, 0.3) is 0 Å². The first kappa shape index (κ1) is 13.1. The van der Waals surface area contributed by atoms with Gasteiger partial charge in [-0.1, -0.05) is 0 Å². The molecule has 0 saturated heterocycles. The van der Waals surface area contributed by atoms with Crippen molar-refractivity contribution in [3.8, 4) is 5.75 Å². The molecule has 3 nitrogen and oxygen atoms in total. The van der Waals surface area contributed by atoms with Crippen molar-refractivity contribution in [3.05, 3.63) is 18.2 Å². The minimum absolute atomic E-state index is 0.128. The second kappa shape index (κ2) is 4.71. The number of rotatable bonds is 5. The van der Waals surface area contributed by atoms with Gasteiger partial charge in [0, 0.05) is 29.0 Å². The Morgan fingerprint density at radius 1 is 1.28 bits per heavy atom. The lowest BCUT2D eigenvalue weighted by atomic mass is 9.98. The normalized spacial score (nSPS) is 15.8. The summed E-state index contributed by atoms with van der Waals surface area (Å²) in [6.07, 6.45) is 2.80. The number of hydrogen-bond donors (Lipinski definition) is 2. The van der Waals surface area contributed by atoms with Crippen LogP contribution in [0.3, 0.4) is 0 Å². The molecule has 1 fully saturated rings. The average Bonchev–Trinajstić information content (AvgIpc) is 2.96. The van der Waals surface area contributed by atoms with Gasteiger partial charge in [-0.3, -0.25) is 0 Å². The molecule has 0 aromatic heterocycles. The van der Waals surface area contributed by atoms with Crippen LogP contribution < -0.4 is 15.8 Å². The lowest BCUT2D eigenvalue weighted by Crippen LogP contribution is -2.33. The molecule has 3 heteroatoms. The van der Waals surface area contributed by atoms with Gasteiger partial charge in [-0.05, 0) is 52.5 Å². The minimum atomic E-state index is 0.128. The van der Waals surface area contributed by atoms with E-state index in [2.05, 4.69) is 19.2 Å². The number of nitrogens with two attached hydrogens (primary N) is 1. The van der Waals surface area contributed by atoms with Crippen LogP contribution in [0.4, 0.5) is 11.4 Å². The van der Waals surface area contributed by atoms with Gasteiger partial charge >= 0.3 is 0 Å². The lowest BCUT2D eigenvalue weighted by Gasteiger charge is -2.28. The summed E-state index contributed by atoms with van der Waals surface area (Å²) in [5, 5.41) is 3.57. The third kappa shape index (κ3) is 3.31. The Bertz CT molecular complexity index is 423. The molecule has 0 bridgehead atoms. The summed E-state index contributed by atoms with van der Waals surface area (Å²) < 4.78 is 5.71. The van der Waals surface area contributed by atoms with E-state index in [1.807, 2.05) is 32.0 Å². The molecule has 0 radical (unpaired) electrons. The molecule has 0 aliphatic heterocycles. The maximum atomic E-state index is 5.93. The maximum absolute atomic E-state index is 5.93. The van der Waals surface area contributed by atoms with E-state index in [-0.39, 0.29) is 11.6 Å². The van der Waals surface area contributed by atoms with Gasteiger partial charge < -0.3 is 15.8 Å². The van der Waals surface area contributed by atoms with Gasteiger partial charge in [0.1, 0.15) is 5.75 Å². The third-order valence-electron chi connectivity index (χ3n) is 3.37. The quantitative estimate of drug-likeness (QED) is 0.782. The van der Waals surface area contributed by atoms with Crippen LogP contribution in [0, 0.1) is 5.92 Å². The Morgan fingerprint density at radius 2 is 1.94 bits per heavy atom. The highest BCUT2D eigenvalue weighted by Gasteiger charge is 2.37. The zero-order chi connectivity index (χ0) is 13.3. The molecule has 0 amide bonds. The molecule has 18 heavy (non-hydrogen) atoms. The largest absolute Gasteiger partial charge is 0.491 e. The van der Waals surface area contributed by atoms with E-state index in [4.69, 9.17) is 10.5 Å². The van der Waals surface area contributed by atoms with Crippen LogP contribution in [0.2, 0.25) is 0 Å². The summed E-state index contributed by atoms with van der Waals surface area (Å²) in [4.78, 5) is 0. The molecule has 2 rings (SSSR count). The molecule has 1 aromatic rings. The van der Waals surface area contributed by atoms with E-state index in [9.17, 15) is 0 Å². The van der Waals surface area contributed by atoms with Gasteiger partial charge in [0.05, 0.1) is 6.10 Å². The van der Waals surface area contributed by atoms with Crippen molar-refractivity contribution in [1.29, 1.82) is 0 Å². The number of ether oxygens (including phenoxy) is 1. The zero-order valence-electron chi connectivity index (χ0n) is 11.8. The van der Waals surface area contributed by atoms with Gasteiger partial charge in [0.2, 0.25) is 0 Å². The first-order valence-corrected chi connectivity index (χ1v) is 6.72. The fourth-order valence-corrected chi connectivity index (χ4v) is 2.31. The van der Waals surface area contributed by atoms with Crippen molar-refractivity contribution < 1.29 is 4.74 Å².